The van der Waals surface area contributed by atoms with Gasteiger partial charge < -0.3 is 14.7 Å². The molecule has 23 heavy (non-hydrogen) atoms. The van der Waals surface area contributed by atoms with E-state index in [1.165, 1.54) is 4.90 Å². The Labute approximate surface area is 138 Å². The maximum absolute atomic E-state index is 12.4. The zero-order chi connectivity index (χ0) is 17.8. The predicted molar refractivity (Wildman–Crippen MR) is 86.1 cm³/mol. The summed E-state index contributed by atoms with van der Waals surface area (Å²) in [7, 11) is 0. The van der Waals surface area contributed by atoms with Crippen LogP contribution in [0, 0.1) is 17.8 Å². The van der Waals surface area contributed by atoms with Crippen molar-refractivity contribution in [3.63, 3.8) is 0 Å². The van der Waals surface area contributed by atoms with Crippen LogP contribution in [0.4, 0.5) is 4.79 Å². The summed E-state index contributed by atoms with van der Waals surface area (Å²) in [6, 6.07) is 0. The van der Waals surface area contributed by atoms with Gasteiger partial charge in [-0.3, -0.25) is 9.59 Å². The van der Waals surface area contributed by atoms with Crippen molar-refractivity contribution < 1.29 is 24.2 Å². The van der Waals surface area contributed by atoms with Crippen LogP contribution in [-0.2, 0) is 14.3 Å². The fraction of sp³-hybridized carbons (Fsp3) is 0.824. The first-order chi connectivity index (χ1) is 10.5. The van der Waals surface area contributed by atoms with Crippen LogP contribution < -0.4 is 0 Å². The highest BCUT2D eigenvalue weighted by Crippen LogP contribution is 2.26. The summed E-state index contributed by atoms with van der Waals surface area (Å²) in [5, 5.41) is 9.30. The van der Waals surface area contributed by atoms with Crippen LogP contribution in [0.3, 0.4) is 0 Å². The molecule has 1 amide bonds. The lowest BCUT2D eigenvalue weighted by Gasteiger charge is -2.36. The molecule has 1 rings (SSSR count). The van der Waals surface area contributed by atoms with Crippen molar-refractivity contribution >= 4 is 17.8 Å². The van der Waals surface area contributed by atoms with Crippen molar-refractivity contribution in [2.45, 2.75) is 59.5 Å². The molecule has 0 aromatic rings. The number of ketones is 1. The van der Waals surface area contributed by atoms with E-state index in [4.69, 9.17) is 4.74 Å². The number of nitrogens with zero attached hydrogens (tertiary/aromatic N) is 1. The van der Waals surface area contributed by atoms with Gasteiger partial charge in [0.2, 0.25) is 0 Å². The lowest BCUT2D eigenvalue weighted by Crippen LogP contribution is -2.49. The quantitative estimate of drug-likeness (QED) is 0.839. The summed E-state index contributed by atoms with van der Waals surface area (Å²) in [6.45, 7) is 9.70. The summed E-state index contributed by atoms with van der Waals surface area (Å²) in [6.07, 6.45) is 0.951. The third-order valence-electron chi connectivity index (χ3n) is 3.87. The number of hydrogen-bond acceptors (Lipinski definition) is 4. The smallest absolute Gasteiger partial charge is 0.410 e. The molecule has 0 aromatic carbocycles. The van der Waals surface area contributed by atoms with Crippen LogP contribution in [0.25, 0.3) is 0 Å². The molecule has 1 aliphatic heterocycles. The van der Waals surface area contributed by atoms with Gasteiger partial charge >= 0.3 is 12.1 Å². The van der Waals surface area contributed by atoms with Crippen molar-refractivity contribution in [3.05, 3.63) is 0 Å². The van der Waals surface area contributed by atoms with E-state index in [0.29, 0.717) is 18.8 Å². The fourth-order valence-electron chi connectivity index (χ4n) is 2.62. The maximum Gasteiger partial charge on any atom is 0.410 e. The van der Waals surface area contributed by atoms with Gasteiger partial charge in [-0.1, -0.05) is 13.8 Å². The monoisotopic (exact) mass is 327 g/mol. The molecule has 1 saturated heterocycles. The van der Waals surface area contributed by atoms with Crippen molar-refractivity contribution in [1.29, 1.82) is 0 Å². The molecule has 6 heteroatoms. The largest absolute Gasteiger partial charge is 0.481 e. The minimum absolute atomic E-state index is 0.0400. The molecule has 0 saturated carbocycles. The molecule has 0 unspecified atom stereocenters. The summed E-state index contributed by atoms with van der Waals surface area (Å²) >= 11 is 0. The first-order valence-electron chi connectivity index (χ1n) is 8.23. The van der Waals surface area contributed by atoms with E-state index in [9.17, 15) is 19.5 Å². The lowest BCUT2D eigenvalue weighted by atomic mass is 9.84. The van der Waals surface area contributed by atoms with Crippen LogP contribution in [-0.4, -0.2) is 46.5 Å². The standard InChI is InChI=1S/C17H29NO5/c1-11(2)6-7-14(19)12-8-13(15(20)21)10-18(9-12)16(22)23-17(3,4)5/h11-13H,6-10H2,1-5H3,(H,20,21)/t12-,13+/m1/s1. The van der Waals surface area contributed by atoms with Gasteiger partial charge in [-0.2, -0.15) is 0 Å². The Bertz CT molecular complexity index is 452. The van der Waals surface area contributed by atoms with E-state index >= 15 is 0 Å². The van der Waals surface area contributed by atoms with Crippen LogP contribution in [0.1, 0.15) is 53.9 Å². The molecule has 1 N–H and O–H groups in total. The number of hydrogen-bond donors (Lipinski definition) is 1. The normalized spacial score (nSPS) is 22.1. The Kier molecular flexibility index (Phi) is 6.59. The van der Waals surface area contributed by atoms with E-state index in [1.54, 1.807) is 20.8 Å². The summed E-state index contributed by atoms with van der Waals surface area (Å²) in [5.41, 5.74) is -0.648. The summed E-state index contributed by atoms with van der Waals surface area (Å²) < 4.78 is 5.31. The number of carboxylic acids is 1. The lowest BCUT2D eigenvalue weighted by molar-refractivity contribution is -0.145. The molecule has 0 aromatic heterocycles. The van der Waals surface area contributed by atoms with Gasteiger partial charge in [0.25, 0.3) is 0 Å². The van der Waals surface area contributed by atoms with Crippen LogP contribution >= 0.6 is 0 Å². The number of rotatable bonds is 5. The van der Waals surface area contributed by atoms with Gasteiger partial charge in [-0.25, -0.2) is 4.79 Å². The van der Waals surface area contributed by atoms with Gasteiger partial charge in [-0.05, 0) is 39.5 Å². The molecule has 2 atom stereocenters. The van der Waals surface area contributed by atoms with E-state index in [0.717, 1.165) is 6.42 Å². The number of carboxylic acid groups (broad SMARTS) is 1. The van der Waals surface area contributed by atoms with Gasteiger partial charge in [0.1, 0.15) is 11.4 Å². The molecule has 0 bridgehead atoms. The minimum Gasteiger partial charge on any atom is -0.481 e. The number of Topliss-reactive ketones (excluding diaryl/α,β-unsaturated/α-hetero) is 1. The molecule has 1 aliphatic rings. The van der Waals surface area contributed by atoms with Crippen molar-refractivity contribution in [2.75, 3.05) is 13.1 Å². The van der Waals surface area contributed by atoms with Gasteiger partial charge in [-0.15, -0.1) is 0 Å². The molecule has 1 fully saturated rings. The number of piperidine rings is 1. The topological polar surface area (TPSA) is 83.9 Å². The summed E-state index contributed by atoms with van der Waals surface area (Å²) in [4.78, 5) is 37.3. The minimum atomic E-state index is -0.972. The number of likely N-dealkylation sites (tertiary alicyclic amines) is 1. The highest BCUT2D eigenvalue weighted by Gasteiger charge is 2.38. The zero-order valence-corrected chi connectivity index (χ0v) is 14.8. The number of carbonyl (C=O) groups is 3. The number of amides is 1. The van der Waals surface area contributed by atoms with Gasteiger partial charge in [0.05, 0.1) is 5.92 Å². The first kappa shape index (κ1) is 19.5. The first-order valence-corrected chi connectivity index (χ1v) is 8.23. The Balaban J connectivity index is 2.78. The molecular formula is C17H29NO5. The Morgan fingerprint density at radius 1 is 1.17 bits per heavy atom. The highest BCUT2D eigenvalue weighted by atomic mass is 16.6. The van der Waals surface area contributed by atoms with Gasteiger partial charge in [0, 0.05) is 25.4 Å². The Hall–Kier alpha value is -1.59. The molecule has 0 spiro atoms. The molecule has 6 nitrogen and oxygen atoms in total. The highest BCUT2D eigenvalue weighted by molar-refractivity contribution is 5.83. The third-order valence-corrected chi connectivity index (χ3v) is 3.87. The van der Waals surface area contributed by atoms with E-state index in [-0.39, 0.29) is 18.9 Å². The maximum atomic E-state index is 12.4. The second-order valence-corrected chi connectivity index (χ2v) is 7.75. The third kappa shape index (κ3) is 6.59. The Morgan fingerprint density at radius 3 is 2.22 bits per heavy atom. The molecular weight excluding hydrogens is 298 g/mol. The average Bonchev–Trinajstić information content (AvgIpc) is 2.42. The second kappa shape index (κ2) is 7.79. The van der Waals surface area contributed by atoms with Crippen molar-refractivity contribution in [1.82, 2.24) is 4.90 Å². The number of carbonyl (C=O) groups excluding carboxylic acids is 2. The second-order valence-electron chi connectivity index (χ2n) is 7.75. The number of ether oxygens (including phenoxy) is 1. The van der Waals surface area contributed by atoms with Crippen molar-refractivity contribution in [3.8, 4) is 0 Å². The fourth-order valence-corrected chi connectivity index (χ4v) is 2.62. The van der Waals surface area contributed by atoms with Crippen molar-refractivity contribution in [2.24, 2.45) is 17.8 Å². The van der Waals surface area contributed by atoms with Gasteiger partial charge in [0.15, 0.2) is 0 Å². The van der Waals surface area contributed by atoms with E-state index in [2.05, 4.69) is 0 Å². The zero-order valence-electron chi connectivity index (χ0n) is 14.8. The van der Waals surface area contributed by atoms with Crippen LogP contribution in [0.5, 0.6) is 0 Å². The molecule has 0 radical (unpaired) electrons. The van der Waals surface area contributed by atoms with E-state index < -0.39 is 29.5 Å². The molecule has 0 aliphatic carbocycles. The van der Waals surface area contributed by atoms with E-state index in [1.807, 2.05) is 13.8 Å². The molecule has 1 heterocycles. The Morgan fingerprint density at radius 2 is 1.74 bits per heavy atom. The average molecular weight is 327 g/mol. The number of aliphatic carboxylic acids is 1. The summed E-state index contributed by atoms with van der Waals surface area (Å²) in [5.74, 6) is -1.65. The van der Waals surface area contributed by atoms with Crippen LogP contribution in [0.15, 0.2) is 0 Å². The molecule has 132 valence electrons. The SMILES string of the molecule is CC(C)CCC(=O)[C@@H]1C[C@H](C(=O)O)CN(C(=O)OC(C)(C)C)C1. The predicted octanol–water partition coefficient (Wildman–Crippen LogP) is 2.95. The van der Waals surface area contributed by atoms with Crippen LogP contribution in [0.2, 0.25) is 0 Å².